The van der Waals surface area contributed by atoms with Crippen molar-refractivity contribution < 1.29 is 9.90 Å². The van der Waals surface area contributed by atoms with E-state index in [0.717, 1.165) is 16.7 Å². The summed E-state index contributed by atoms with van der Waals surface area (Å²) in [6.45, 7) is 0. The van der Waals surface area contributed by atoms with Gasteiger partial charge in [-0.3, -0.25) is 9.78 Å². The first-order chi connectivity index (χ1) is 12.6. The van der Waals surface area contributed by atoms with E-state index in [1.54, 1.807) is 6.20 Å². The molecular weight excluding hydrogens is 344 g/mol. The largest absolute Gasteiger partial charge is 0.480 e. The van der Waals surface area contributed by atoms with Gasteiger partial charge in [-0.25, -0.2) is 0 Å². The highest BCUT2D eigenvalue weighted by Gasteiger charge is 2.38. The number of pyridine rings is 1. The molecule has 1 aromatic heterocycles. The number of thioether (sulfide) groups is 1. The van der Waals surface area contributed by atoms with Crippen molar-refractivity contribution in [1.82, 2.24) is 4.98 Å². The molecule has 1 heterocycles. The van der Waals surface area contributed by atoms with Crippen molar-refractivity contribution in [2.75, 3.05) is 5.75 Å². The Labute approximate surface area is 157 Å². The molecule has 5 heteroatoms. The van der Waals surface area contributed by atoms with Crippen molar-refractivity contribution in [1.29, 1.82) is 0 Å². The highest BCUT2D eigenvalue weighted by molar-refractivity contribution is 8.00. The zero-order valence-electron chi connectivity index (χ0n) is 14.2. The predicted octanol–water partition coefficient (Wildman–Crippen LogP) is 3.52. The van der Waals surface area contributed by atoms with E-state index in [9.17, 15) is 9.90 Å². The molecule has 3 aromatic rings. The second-order valence-corrected chi connectivity index (χ2v) is 7.15. The molecule has 132 valence electrons. The zero-order chi connectivity index (χ0) is 18.4. The Morgan fingerprint density at radius 3 is 1.96 bits per heavy atom. The van der Waals surface area contributed by atoms with E-state index < -0.39 is 16.8 Å². The van der Waals surface area contributed by atoms with E-state index in [-0.39, 0.29) is 5.75 Å². The van der Waals surface area contributed by atoms with Crippen LogP contribution in [0.25, 0.3) is 0 Å². The summed E-state index contributed by atoms with van der Waals surface area (Å²) in [5, 5.41) is 9.24. The summed E-state index contributed by atoms with van der Waals surface area (Å²) in [5.41, 5.74) is 8.92. The van der Waals surface area contributed by atoms with Crippen LogP contribution in [0.1, 0.15) is 16.7 Å². The molecule has 1 atom stereocenters. The lowest BCUT2D eigenvalue weighted by Gasteiger charge is -2.35. The van der Waals surface area contributed by atoms with Gasteiger partial charge in [-0.2, -0.15) is 0 Å². The number of nitrogens with two attached hydrogens (primary N) is 1. The molecule has 0 saturated heterocycles. The van der Waals surface area contributed by atoms with E-state index >= 15 is 0 Å². The van der Waals surface area contributed by atoms with Gasteiger partial charge in [0.2, 0.25) is 0 Å². The van der Waals surface area contributed by atoms with Crippen LogP contribution in [0.3, 0.4) is 0 Å². The Hall–Kier alpha value is -2.63. The molecule has 0 amide bonds. The van der Waals surface area contributed by atoms with Crippen LogP contribution >= 0.6 is 11.8 Å². The van der Waals surface area contributed by atoms with Gasteiger partial charge in [-0.05, 0) is 22.8 Å². The molecule has 0 aliphatic carbocycles. The second kappa shape index (κ2) is 8.17. The molecule has 4 nitrogen and oxygen atoms in total. The van der Waals surface area contributed by atoms with Crippen LogP contribution in [0.4, 0.5) is 0 Å². The molecule has 0 saturated carbocycles. The van der Waals surface area contributed by atoms with Gasteiger partial charge in [0, 0.05) is 18.1 Å². The number of hydrogen-bond donors (Lipinski definition) is 2. The van der Waals surface area contributed by atoms with Gasteiger partial charge < -0.3 is 10.8 Å². The number of rotatable bonds is 7. The average Bonchev–Trinajstić information content (AvgIpc) is 2.70. The molecule has 3 N–H and O–H groups in total. The van der Waals surface area contributed by atoms with Crippen molar-refractivity contribution >= 4 is 17.7 Å². The van der Waals surface area contributed by atoms with E-state index in [0.29, 0.717) is 0 Å². The van der Waals surface area contributed by atoms with Gasteiger partial charge in [0.1, 0.15) is 6.04 Å². The first-order valence-corrected chi connectivity index (χ1v) is 9.27. The lowest BCUT2D eigenvalue weighted by atomic mass is 9.85. The van der Waals surface area contributed by atoms with Crippen molar-refractivity contribution in [2.45, 2.75) is 10.8 Å². The van der Waals surface area contributed by atoms with Crippen LogP contribution in [0.2, 0.25) is 0 Å². The molecule has 26 heavy (non-hydrogen) atoms. The number of carboxylic acids is 1. The van der Waals surface area contributed by atoms with E-state index in [1.807, 2.05) is 54.7 Å². The number of aliphatic carboxylic acids is 1. The maximum absolute atomic E-state index is 11.3. The zero-order valence-corrected chi connectivity index (χ0v) is 15.0. The number of nitrogens with zero attached hydrogens (tertiary/aromatic N) is 1. The Balaban J connectivity index is 2.19. The standard InChI is InChI=1S/C21H20N2O2S/c22-19(20(24)25)15-26-21(16-8-3-1-4-9-16,17-10-5-2-6-11-17)18-12-7-13-23-14-18/h1-14,19H,15,22H2,(H,24,25)/t19-/m0/s1. The topological polar surface area (TPSA) is 76.2 Å². The quantitative estimate of drug-likeness (QED) is 0.671. The number of aromatic nitrogens is 1. The van der Waals surface area contributed by atoms with Crippen molar-refractivity contribution in [2.24, 2.45) is 5.73 Å². The fraction of sp³-hybridized carbons (Fsp3) is 0.143. The monoisotopic (exact) mass is 364 g/mol. The van der Waals surface area contributed by atoms with Crippen molar-refractivity contribution in [3.05, 3.63) is 102 Å². The Kier molecular flexibility index (Phi) is 5.71. The molecule has 0 aliphatic rings. The molecule has 0 spiro atoms. The van der Waals surface area contributed by atoms with Crippen LogP contribution in [0.15, 0.2) is 85.2 Å². The van der Waals surface area contributed by atoms with Gasteiger partial charge >= 0.3 is 5.97 Å². The number of hydrogen-bond acceptors (Lipinski definition) is 4. The molecule has 3 rings (SSSR count). The molecule has 0 aliphatic heterocycles. The Morgan fingerprint density at radius 2 is 1.50 bits per heavy atom. The third-order valence-corrected chi connectivity index (χ3v) is 5.89. The SMILES string of the molecule is N[C@@H](CSC(c1ccccc1)(c1ccccc1)c1cccnc1)C(=O)O. The molecule has 2 aromatic carbocycles. The highest BCUT2D eigenvalue weighted by Crippen LogP contribution is 2.48. The fourth-order valence-corrected chi connectivity index (χ4v) is 4.42. The summed E-state index contributed by atoms with van der Waals surface area (Å²) in [6.07, 6.45) is 3.57. The van der Waals surface area contributed by atoms with Crippen LogP contribution in [-0.4, -0.2) is 27.9 Å². The minimum Gasteiger partial charge on any atom is -0.480 e. The second-order valence-electron chi connectivity index (χ2n) is 5.91. The van der Waals surface area contributed by atoms with E-state index in [2.05, 4.69) is 29.2 Å². The van der Waals surface area contributed by atoms with Crippen LogP contribution in [0.5, 0.6) is 0 Å². The lowest BCUT2D eigenvalue weighted by molar-refractivity contribution is -0.137. The maximum Gasteiger partial charge on any atom is 0.321 e. The van der Waals surface area contributed by atoms with Gasteiger partial charge in [0.15, 0.2) is 0 Å². The minimum absolute atomic E-state index is 0.272. The maximum atomic E-state index is 11.3. The fourth-order valence-electron chi connectivity index (χ4n) is 2.95. The summed E-state index contributed by atoms with van der Waals surface area (Å²) in [6, 6.07) is 23.1. The summed E-state index contributed by atoms with van der Waals surface area (Å²) < 4.78 is -0.593. The average molecular weight is 364 g/mol. The van der Waals surface area contributed by atoms with Gasteiger partial charge in [-0.15, -0.1) is 11.8 Å². The number of benzene rings is 2. The summed E-state index contributed by atoms with van der Waals surface area (Å²) in [7, 11) is 0. The normalized spacial score (nSPS) is 12.5. The first kappa shape index (κ1) is 18.2. The molecule has 0 fully saturated rings. The van der Waals surface area contributed by atoms with Crippen LogP contribution in [-0.2, 0) is 9.54 Å². The van der Waals surface area contributed by atoms with Crippen LogP contribution in [0, 0.1) is 0 Å². The minimum atomic E-state index is -1.00. The molecule has 0 unspecified atom stereocenters. The van der Waals surface area contributed by atoms with Gasteiger partial charge in [-0.1, -0.05) is 66.7 Å². The smallest absolute Gasteiger partial charge is 0.321 e. The number of carboxylic acid groups (broad SMARTS) is 1. The summed E-state index contributed by atoms with van der Waals surface area (Å²) in [4.78, 5) is 15.6. The Morgan fingerprint density at radius 1 is 0.962 bits per heavy atom. The Bertz CT molecular complexity index is 745. The van der Waals surface area contributed by atoms with Gasteiger partial charge in [0.05, 0.1) is 4.75 Å². The molecular formula is C21H20N2O2S. The van der Waals surface area contributed by atoms with E-state index in [1.165, 1.54) is 11.8 Å². The van der Waals surface area contributed by atoms with Crippen molar-refractivity contribution in [3.8, 4) is 0 Å². The van der Waals surface area contributed by atoms with Crippen molar-refractivity contribution in [3.63, 3.8) is 0 Å². The van der Waals surface area contributed by atoms with E-state index in [4.69, 9.17) is 5.73 Å². The van der Waals surface area contributed by atoms with Gasteiger partial charge in [0.25, 0.3) is 0 Å². The predicted molar refractivity (Wildman–Crippen MR) is 105 cm³/mol. The third-order valence-electron chi connectivity index (χ3n) is 4.23. The summed E-state index contributed by atoms with van der Waals surface area (Å²) >= 11 is 1.52. The summed E-state index contributed by atoms with van der Waals surface area (Å²) in [5.74, 6) is -0.729. The highest BCUT2D eigenvalue weighted by atomic mass is 32.2. The molecule has 0 radical (unpaired) electrons. The van der Waals surface area contributed by atoms with Crippen LogP contribution < -0.4 is 5.73 Å². The lowest BCUT2D eigenvalue weighted by Crippen LogP contribution is -2.36. The third kappa shape index (κ3) is 3.64. The first-order valence-electron chi connectivity index (χ1n) is 8.28. The number of carbonyl (C=O) groups is 1. The molecule has 0 bridgehead atoms.